The maximum Gasteiger partial charge on any atom is 0.301 e. The average molecular weight is 585 g/mol. The summed E-state index contributed by atoms with van der Waals surface area (Å²) in [6.45, 7) is 10.6. The van der Waals surface area contributed by atoms with Gasteiger partial charge in [-0.2, -0.15) is 0 Å². The van der Waals surface area contributed by atoms with Crippen LogP contribution in [0.3, 0.4) is 0 Å². The molecule has 0 unspecified atom stereocenters. The van der Waals surface area contributed by atoms with Gasteiger partial charge in [0.1, 0.15) is 17.6 Å². The first-order valence-corrected chi connectivity index (χ1v) is 14.9. The highest BCUT2D eigenvalue weighted by Crippen LogP contribution is 2.46. The Morgan fingerprint density at radius 2 is 1.81 bits per heavy atom. The summed E-state index contributed by atoms with van der Waals surface area (Å²) in [6, 6.07) is 13.8. The van der Waals surface area contributed by atoms with Gasteiger partial charge in [0.2, 0.25) is 0 Å². The number of thiazole rings is 1. The molecule has 1 N–H and O–H groups in total. The molecule has 1 saturated heterocycles. The molecule has 2 aliphatic rings. The van der Waals surface area contributed by atoms with Crippen molar-refractivity contribution in [2.24, 2.45) is 0 Å². The smallest absolute Gasteiger partial charge is 0.301 e. The molecule has 6 rings (SSSR count). The Morgan fingerprint density at radius 3 is 2.57 bits per heavy atom. The van der Waals surface area contributed by atoms with Crippen LogP contribution in [-0.2, 0) is 16.0 Å². The summed E-state index contributed by atoms with van der Waals surface area (Å²) in [5, 5.41) is 12.1. The quantitative estimate of drug-likeness (QED) is 0.147. The number of amides is 1. The summed E-state index contributed by atoms with van der Waals surface area (Å²) in [5.74, 6) is 0.0227. The molecular weight excluding hydrogens is 552 g/mol. The van der Waals surface area contributed by atoms with Gasteiger partial charge >= 0.3 is 5.91 Å². The number of aliphatic hydroxyl groups excluding tert-OH is 1. The molecule has 0 radical (unpaired) electrons. The van der Waals surface area contributed by atoms with Gasteiger partial charge in [0.05, 0.1) is 35.0 Å². The lowest BCUT2D eigenvalue weighted by molar-refractivity contribution is -0.132. The van der Waals surface area contributed by atoms with Gasteiger partial charge in [0.15, 0.2) is 16.6 Å². The SMILES string of the molecule is CCOc1ccc([C@H]2/C(=C(\O)c3ccc4c(c3)C[C@@H](C)O4)C(=O)C(=O)N2c2nc3c(C)cc(C)cc3s2)cc1OCC. The highest BCUT2D eigenvalue weighted by atomic mass is 32.1. The molecule has 0 saturated carbocycles. The Kier molecular flexibility index (Phi) is 7.14. The minimum absolute atomic E-state index is 0.00863. The van der Waals surface area contributed by atoms with Crippen molar-refractivity contribution in [3.63, 3.8) is 0 Å². The summed E-state index contributed by atoms with van der Waals surface area (Å²) in [7, 11) is 0. The van der Waals surface area contributed by atoms with Crippen molar-refractivity contribution in [2.75, 3.05) is 18.1 Å². The van der Waals surface area contributed by atoms with Crippen LogP contribution in [0.5, 0.6) is 17.2 Å². The second kappa shape index (κ2) is 10.8. The number of ketones is 1. The van der Waals surface area contributed by atoms with E-state index in [1.807, 2.05) is 52.8 Å². The van der Waals surface area contributed by atoms with E-state index in [0.717, 1.165) is 32.7 Å². The van der Waals surface area contributed by atoms with Gasteiger partial charge in [-0.1, -0.05) is 23.5 Å². The number of aryl methyl sites for hydroxylation is 2. The molecule has 1 amide bonds. The first-order valence-electron chi connectivity index (χ1n) is 14.1. The third-order valence-corrected chi connectivity index (χ3v) is 8.52. The Bertz CT molecular complexity index is 1770. The number of hydrogen-bond donors (Lipinski definition) is 1. The van der Waals surface area contributed by atoms with Crippen LogP contribution in [0.4, 0.5) is 5.13 Å². The predicted molar refractivity (Wildman–Crippen MR) is 163 cm³/mol. The van der Waals surface area contributed by atoms with Crippen molar-refractivity contribution in [3.8, 4) is 17.2 Å². The number of carbonyl (C=O) groups is 2. The third-order valence-electron chi connectivity index (χ3n) is 7.52. The largest absolute Gasteiger partial charge is 0.507 e. The van der Waals surface area contributed by atoms with E-state index in [9.17, 15) is 14.7 Å². The summed E-state index contributed by atoms with van der Waals surface area (Å²) in [6.07, 6.45) is 0.713. The maximum absolute atomic E-state index is 13.8. The van der Waals surface area contributed by atoms with Crippen LogP contribution < -0.4 is 19.1 Å². The van der Waals surface area contributed by atoms with Gasteiger partial charge in [-0.3, -0.25) is 14.5 Å². The third kappa shape index (κ3) is 4.67. The van der Waals surface area contributed by atoms with Gasteiger partial charge in [-0.05, 0) is 93.3 Å². The van der Waals surface area contributed by atoms with E-state index in [0.29, 0.717) is 47.4 Å². The van der Waals surface area contributed by atoms with Gasteiger partial charge in [-0.15, -0.1) is 0 Å². The molecule has 1 fully saturated rings. The Labute approximate surface area is 248 Å². The number of nitrogens with zero attached hydrogens (tertiary/aromatic N) is 2. The normalized spacial score (nSPS) is 19.3. The lowest BCUT2D eigenvalue weighted by atomic mass is 9.94. The van der Waals surface area contributed by atoms with E-state index in [-0.39, 0.29) is 17.4 Å². The minimum atomic E-state index is -0.940. The molecule has 9 heteroatoms. The molecule has 0 spiro atoms. The average Bonchev–Trinajstić information content (AvgIpc) is 3.62. The standard InChI is InChI=1S/C33H32N2O6S/c1-6-39-24-11-8-20(16-25(24)40-7-2)29-27(30(36)21-9-10-23-22(15-21)14-19(5)41-23)31(37)32(38)35(29)33-34-28-18(4)12-17(3)13-26(28)42-33/h8-13,15-16,19,29,36H,6-7,14H2,1-5H3/b30-27+/t19-,29+/m1/s1. The zero-order chi connectivity index (χ0) is 29.7. The number of anilines is 1. The van der Waals surface area contributed by atoms with Crippen molar-refractivity contribution in [3.05, 3.63) is 81.9 Å². The number of Topliss-reactive ketones (excluding diaryl/α,β-unsaturated/α-hetero) is 1. The summed E-state index contributed by atoms with van der Waals surface area (Å²) < 4.78 is 18.4. The number of aromatic nitrogens is 1. The molecule has 1 aromatic heterocycles. The molecule has 4 aromatic rings. The summed E-state index contributed by atoms with van der Waals surface area (Å²) in [5.41, 5.74) is 4.80. The lowest BCUT2D eigenvalue weighted by Crippen LogP contribution is -2.29. The molecule has 3 aromatic carbocycles. The fourth-order valence-electron chi connectivity index (χ4n) is 5.77. The van der Waals surface area contributed by atoms with E-state index >= 15 is 0 Å². The highest BCUT2D eigenvalue weighted by molar-refractivity contribution is 7.22. The fourth-order valence-corrected chi connectivity index (χ4v) is 6.94. The number of benzene rings is 3. The molecule has 3 heterocycles. The van der Waals surface area contributed by atoms with Gasteiger partial charge in [0, 0.05) is 12.0 Å². The zero-order valence-electron chi connectivity index (χ0n) is 24.2. The van der Waals surface area contributed by atoms with E-state index in [1.165, 1.54) is 16.2 Å². The first-order chi connectivity index (χ1) is 20.2. The van der Waals surface area contributed by atoms with Crippen LogP contribution in [0.1, 0.15) is 54.6 Å². The van der Waals surface area contributed by atoms with E-state index < -0.39 is 17.7 Å². The molecular formula is C33H32N2O6S. The molecule has 0 aliphatic carbocycles. The maximum atomic E-state index is 13.8. The van der Waals surface area contributed by atoms with Crippen LogP contribution >= 0.6 is 11.3 Å². The van der Waals surface area contributed by atoms with Crippen molar-refractivity contribution >= 4 is 44.1 Å². The number of fused-ring (bicyclic) bond motifs is 2. The van der Waals surface area contributed by atoms with Crippen LogP contribution in [0, 0.1) is 13.8 Å². The first kappa shape index (κ1) is 27.8. The van der Waals surface area contributed by atoms with Crippen molar-refractivity contribution in [2.45, 2.75) is 53.2 Å². The number of aliphatic hydroxyl groups is 1. The number of ether oxygens (including phenoxy) is 3. The molecule has 216 valence electrons. The van der Waals surface area contributed by atoms with Crippen LogP contribution in [-0.4, -0.2) is 41.1 Å². The van der Waals surface area contributed by atoms with Crippen LogP contribution in [0.15, 0.2) is 54.1 Å². The second-order valence-electron chi connectivity index (χ2n) is 10.6. The Hall–Kier alpha value is -4.37. The second-order valence-corrected chi connectivity index (χ2v) is 11.6. The number of carbonyl (C=O) groups excluding carboxylic acids is 2. The minimum Gasteiger partial charge on any atom is -0.507 e. The molecule has 2 atom stereocenters. The van der Waals surface area contributed by atoms with Gasteiger partial charge < -0.3 is 19.3 Å². The van der Waals surface area contributed by atoms with E-state index in [1.54, 1.807) is 30.3 Å². The van der Waals surface area contributed by atoms with E-state index in [4.69, 9.17) is 19.2 Å². The molecule has 2 aliphatic heterocycles. The van der Waals surface area contributed by atoms with Crippen molar-refractivity contribution in [1.82, 2.24) is 4.98 Å². The predicted octanol–water partition coefficient (Wildman–Crippen LogP) is 6.66. The van der Waals surface area contributed by atoms with E-state index in [2.05, 4.69) is 0 Å². The number of rotatable bonds is 7. The van der Waals surface area contributed by atoms with Crippen molar-refractivity contribution < 1.29 is 28.9 Å². The molecule has 8 nitrogen and oxygen atoms in total. The van der Waals surface area contributed by atoms with Crippen molar-refractivity contribution in [1.29, 1.82) is 0 Å². The number of hydrogen-bond acceptors (Lipinski definition) is 8. The van der Waals surface area contributed by atoms with Crippen LogP contribution in [0.25, 0.3) is 16.0 Å². The summed E-state index contributed by atoms with van der Waals surface area (Å²) >= 11 is 1.34. The Morgan fingerprint density at radius 1 is 1.05 bits per heavy atom. The van der Waals surface area contributed by atoms with Gasteiger partial charge in [-0.25, -0.2) is 4.98 Å². The van der Waals surface area contributed by atoms with Crippen LogP contribution in [0.2, 0.25) is 0 Å². The fraction of sp³-hybridized carbons (Fsp3) is 0.303. The topological polar surface area (TPSA) is 98.2 Å². The highest BCUT2D eigenvalue weighted by Gasteiger charge is 2.48. The molecule has 0 bridgehead atoms. The summed E-state index contributed by atoms with van der Waals surface area (Å²) in [4.78, 5) is 33.8. The lowest BCUT2D eigenvalue weighted by Gasteiger charge is -2.24. The zero-order valence-corrected chi connectivity index (χ0v) is 25.0. The monoisotopic (exact) mass is 584 g/mol. The van der Waals surface area contributed by atoms with Gasteiger partial charge in [0.25, 0.3) is 5.78 Å². The Balaban J connectivity index is 1.56. The molecule has 42 heavy (non-hydrogen) atoms.